The second-order valence-corrected chi connectivity index (χ2v) is 52.1. The van der Waals surface area contributed by atoms with Crippen LogP contribution in [-0.2, 0) is 38.4 Å². The van der Waals surface area contributed by atoms with Crippen molar-refractivity contribution in [3.8, 4) is 0 Å². The van der Waals surface area contributed by atoms with Gasteiger partial charge in [-0.15, -0.1) is 0 Å². The van der Waals surface area contributed by atoms with Gasteiger partial charge < -0.3 is 38.4 Å². The highest BCUT2D eigenvalue weighted by Crippen LogP contribution is 2.77. The molecule has 24 saturated carbocycles. The quantitative estimate of drug-likeness (QED) is 0.0752. The van der Waals surface area contributed by atoms with Crippen LogP contribution in [0, 0.1) is 367 Å². The van der Waals surface area contributed by atoms with Gasteiger partial charge in [0.2, 0.25) is 0 Å². The highest BCUT2D eigenvalue weighted by Gasteiger charge is 2.71. The Hall–Kier alpha value is -4.72. The second-order valence-electron chi connectivity index (χ2n) is 52.1. The van der Waals surface area contributed by atoms with E-state index in [2.05, 4.69) is 139 Å². The van der Waals surface area contributed by atoms with Crippen molar-refractivity contribution in [1.29, 1.82) is 0 Å². The molecule has 8 heteroatoms. The summed E-state index contributed by atoms with van der Waals surface area (Å²) >= 11 is 0. The Morgan fingerprint density at radius 2 is 0.492 bits per heavy atom. The lowest BCUT2D eigenvalue weighted by Crippen LogP contribution is -2.37. The van der Waals surface area contributed by atoms with E-state index in [0.717, 1.165) is 401 Å². The minimum absolute atomic E-state index is 0.393. The van der Waals surface area contributed by atoms with E-state index in [1.54, 1.807) is 0 Å². The summed E-state index contributed by atoms with van der Waals surface area (Å²) in [5, 5.41) is 0. The monoisotopic (exact) mass is 1730 g/mol. The van der Waals surface area contributed by atoms with Crippen LogP contribution in [0.2, 0.25) is 0 Å². The first-order valence-electron chi connectivity index (χ1n) is 55.7. The molecule has 32 aliphatic carbocycles. The average Bonchev–Trinajstić information content (AvgIpc) is 1.54. The molecule has 32 aliphatic rings. The highest BCUT2D eigenvalue weighted by atomic mass is 16.1. The zero-order valence-corrected chi connectivity index (χ0v) is 78.7. The molecule has 0 aromatic carbocycles. The predicted molar refractivity (Wildman–Crippen MR) is 501 cm³/mol. The van der Waals surface area contributed by atoms with Crippen molar-refractivity contribution < 1.29 is 38.4 Å². The van der Waals surface area contributed by atoms with Crippen LogP contribution in [0.3, 0.4) is 0 Å². The standard InChI is InChI=1S/C17H24O.2C16H22O.2C15H20O.2C14H18O.C13H16O/c1-2-12-13(4-3-7-18)15-9-14(12)16-10-5-6-11(8-10)17(15)16;1-9-12(3-2-6-17)14-8-13(9)15-10-4-5-11(7-10)16(14)15;1-2-11-12(5-6-17)14-8-13(11)15-9-3-4-10(7-9)16(14)15;1-8-11(4-5-16)13-7-12(8)14-9-2-3-10(6-9)15(13)14;1-2-10-11-6-12(13(10)7-16)15-9-4-3-8(5-9)14(11)15;1-7-10-5-11(12(7)6-15)14-9-3-2-8(4-9)13(10)14;15-4-3-8-5-11-7-12(8)14-10-2-1-9(6-10)13(11)14;14-6-10-4-9-5-11(10)13-8-2-1-7(3-8)12(9)13/h5-7,10-17H,2-4,8-9H2,1H3;4-6,9-16H,2-3,7-8H2,1H3;3-4,6,9-16H,2,5,7-8H2,1H3;2-3,5,8-15H,4,6-7H2,1H3;3-4,7-15H,2,5-6H2,1H3;2-3,6-14H,4-5H2,1H3;1-2,4,8-14H,3,5-7H2;1-2,6-13H,3-5H2. The molecule has 128 heavy (non-hydrogen) atoms. The number of allylic oxidation sites excluding steroid dienone is 16. The molecule has 32 bridgehead atoms. The normalized spacial score (nSPS) is 59.4. The van der Waals surface area contributed by atoms with Gasteiger partial charge in [-0.25, -0.2) is 0 Å². The molecule has 0 saturated heterocycles. The van der Waals surface area contributed by atoms with Crippen LogP contribution in [0.5, 0.6) is 0 Å². The number of hydrogen-bond acceptors (Lipinski definition) is 8. The Labute approximate surface area is 769 Å². The third kappa shape index (κ3) is 12.4. The molecule has 32 rings (SSSR count). The van der Waals surface area contributed by atoms with E-state index in [4.69, 9.17) is 0 Å². The largest absolute Gasteiger partial charge is 0.303 e. The molecule has 688 valence electrons. The summed E-state index contributed by atoms with van der Waals surface area (Å²) in [5.74, 6) is 54.2. The topological polar surface area (TPSA) is 137 Å². The molecule has 0 radical (unpaired) electrons. The van der Waals surface area contributed by atoms with Crippen molar-refractivity contribution >= 4 is 50.3 Å². The second kappa shape index (κ2) is 33.1. The van der Waals surface area contributed by atoms with E-state index in [0.29, 0.717) is 23.7 Å². The number of rotatable bonds is 18. The lowest BCUT2D eigenvalue weighted by atomic mass is 9.63. The Kier molecular flexibility index (Phi) is 21.9. The van der Waals surface area contributed by atoms with Gasteiger partial charge in [-0.3, -0.25) is 0 Å². The van der Waals surface area contributed by atoms with Gasteiger partial charge in [-0.05, 0) is 478 Å². The molecule has 62 unspecified atom stereocenters. The van der Waals surface area contributed by atoms with E-state index in [-0.39, 0.29) is 0 Å². The van der Waals surface area contributed by atoms with Crippen LogP contribution in [-0.4, -0.2) is 50.3 Å². The molecule has 0 aromatic rings. The summed E-state index contributed by atoms with van der Waals surface area (Å²) < 4.78 is 0. The van der Waals surface area contributed by atoms with Crippen LogP contribution in [0.15, 0.2) is 97.2 Å². The average molecular weight is 1730 g/mol. The molecule has 24 fully saturated rings. The van der Waals surface area contributed by atoms with Gasteiger partial charge >= 0.3 is 0 Å². The fourth-order valence-electron chi connectivity index (χ4n) is 47.5. The van der Waals surface area contributed by atoms with Crippen molar-refractivity contribution in [3.63, 3.8) is 0 Å². The van der Waals surface area contributed by atoms with Crippen LogP contribution in [0.1, 0.15) is 221 Å². The van der Waals surface area contributed by atoms with Gasteiger partial charge in [-0.2, -0.15) is 0 Å². The molecule has 0 N–H and O–H groups in total. The third-order valence-corrected chi connectivity index (χ3v) is 50.1. The Morgan fingerprint density at radius 1 is 0.211 bits per heavy atom. The minimum atomic E-state index is 0.393. The maximum absolute atomic E-state index is 11.3. The van der Waals surface area contributed by atoms with Gasteiger partial charge in [0.25, 0.3) is 0 Å². The predicted octanol–water partition coefficient (Wildman–Crippen LogP) is 23.6. The fourth-order valence-corrected chi connectivity index (χ4v) is 47.5. The molecule has 0 heterocycles. The summed E-state index contributed by atoms with van der Waals surface area (Å²) in [6.07, 6.45) is 85.0. The summed E-state index contributed by atoms with van der Waals surface area (Å²) in [5.41, 5.74) is 0. The molecule has 0 spiro atoms. The summed E-state index contributed by atoms with van der Waals surface area (Å²) in [7, 11) is 0. The first-order chi connectivity index (χ1) is 62.7. The van der Waals surface area contributed by atoms with E-state index in [1.807, 2.05) is 0 Å². The van der Waals surface area contributed by atoms with Gasteiger partial charge in [0, 0.05) is 49.9 Å². The van der Waals surface area contributed by atoms with E-state index >= 15 is 0 Å². The first-order valence-corrected chi connectivity index (χ1v) is 55.7. The zero-order chi connectivity index (χ0) is 86.6. The molecule has 0 aromatic heterocycles. The van der Waals surface area contributed by atoms with Gasteiger partial charge in [0.15, 0.2) is 0 Å². The number of fused-ring (bicyclic) bond motifs is 72. The third-order valence-electron chi connectivity index (χ3n) is 50.1. The fraction of sp³-hybridized carbons (Fsp3) is 0.800. The van der Waals surface area contributed by atoms with E-state index in [9.17, 15) is 38.4 Å². The summed E-state index contributed by atoms with van der Waals surface area (Å²) in [4.78, 5) is 87.3. The van der Waals surface area contributed by atoms with Gasteiger partial charge in [0.05, 0.1) is 0 Å². The molecule has 62 atom stereocenters. The molecular weight excluding hydrogens is 1570 g/mol. The zero-order valence-electron chi connectivity index (χ0n) is 78.7. The molecule has 8 nitrogen and oxygen atoms in total. The van der Waals surface area contributed by atoms with Crippen LogP contribution >= 0.6 is 0 Å². The summed E-state index contributed by atoms with van der Waals surface area (Å²) in [6.45, 7) is 14.2. The van der Waals surface area contributed by atoms with Crippen molar-refractivity contribution in [2.45, 2.75) is 221 Å². The van der Waals surface area contributed by atoms with Crippen LogP contribution < -0.4 is 0 Å². The Morgan fingerprint density at radius 3 is 0.898 bits per heavy atom. The maximum Gasteiger partial charge on any atom is 0.123 e. The number of carbonyl (C=O) groups excluding carboxylic acids is 8. The number of hydrogen-bond donors (Lipinski definition) is 0. The summed E-state index contributed by atoms with van der Waals surface area (Å²) in [6, 6.07) is 0. The molecule has 0 amide bonds. The minimum Gasteiger partial charge on any atom is -0.303 e. The van der Waals surface area contributed by atoms with Crippen molar-refractivity contribution in [1.82, 2.24) is 0 Å². The first kappa shape index (κ1) is 85.0. The smallest absolute Gasteiger partial charge is 0.123 e. The maximum atomic E-state index is 11.3. The number of aldehydes is 8. The molecule has 0 aliphatic heterocycles. The Bertz CT molecular complexity index is 4500. The highest BCUT2D eigenvalue weighted by molar-refractivity contribution is 5.58. The SMILES string of the molecule is CC1C(C=O)C2CC1C1C3C=CC(C3)C21.CC1C(CC=O)C2CC1C1C3C=CC(C3)C21.CC1C(CCC=O)C2CC1C1C3C=CC(C3)C21.CCC1C(C=O)C2CC1C1C3C=CC(C3)C21.CCC1C(CC=O)C2CC1C1C3C=CC(C3)C21.CCC1C(CCC=O)C2CC1C1C3C=CC(C3)C21.O=CC1CC2CC1C1C3C=CC(C3)C21.O=CCC1CC2CC1C1C3C=CC(C3)C21. The van der Waals surface area contributed by atoms with Gasteiger partial charge in [-0.1, -0.05) is 158 Å². The van der Waals surface area contributed by atoms with Crippen molar-refractivity contribution in [2.24, 2.45) is 367 Å². The lowest BCUT2D eigenvalue weighted by molar-refractivity contribution is -0.116. The van der Waals surface area contributed by atoms with Crippen molar-refractivity contribution in [2.75, 3.05) is 0 Å². The van der Waals surface area contributed by atoms with Crippen LogP contribution in [0.4, 0.5) is 0 Å². The van der Waals surface area contributed by atoms with Crippen molar-refractivity contribution in [3.05, 3.63) is 97.2 Å². The van der Waals surface area contributed by atoms with Crippen LogP contribution in [0.25, 0.3) is 0 Å². The Balaban J connectivity index is 0.0000000794. The molecular formula is C120H160O8. The van der Waals surface area contributed by atoms with E-state index in [1.165, 1.54) is 173 Å². The van der Waals surface area contributed by atoms with Gasteiger partial charge in [0.1, 0.15) is 50.3 Å². The lowest BCUT2D eigenvalue weighted by Gasteiger charge is -2.41. The number of carbonyl (C=O) groups is 8. The van der Waals surface area contributed by atoms with E-state index < -0.39 is 0 Å².